The summed E-state index contributed by atoms with van der Waals surface area (Å²) in [4.78, 5) is 20.3. The first-order chi connectivity index (χ1) is 13.8. The topological polar surface area (TPSA) is 106 Å². The van der Waals surface area contributed by atoms with Crippen LogP contribution < -0.4 is 10.1 Å². The molecule has 0 atom stereocenters. The van der Waals surface area contributed by atoms with Crippen LogP contribution in [0.15, 0.2) is 42.7 Å². The molecule has 3 rings (SSSR count). The van der Waals surface area contributed by atoms with Gasteiger partial charge in [-0.3, -0.25) is 15.1 Å². The molecular weight excluding hydrogens is 391 g/mol. The Morgan fingerprint density at radius 2 is 1.83 bits per heavy atom. The van der Waals surface area contributed by atoms with Crippen molar-refractivity contribution in [2.45, 2.75) is 20.0 Å². The van der Waals surface area contributed by atoms with E-state index in [4.69, 9.17) is 4.74 Å². The van der Waals surface area contributed by atoms with Gasteiger partial charge < -0.3 is 15.0 Å². The van der Waals surface area contributed by atoms with Gasteiger partial charge in [-0.05, 0) is 18.2 Å². The van der Waals surface area contributed by atoms with Crippen molar-refractivity contribution in [2.24, 2.45) is 0 Å². The van der Waals surface area contributed by atoms with Gasteiger partial charge in [0.1, 0.15) is 28.6 Å². The third kappa shape index (κ3) is 5.21. The van der Waals surface area contributed by atoms with E-state index >= 15 is 0 Å². The summed E-state index contributed by atoms with van der Waals surface area (Å²) in [6.45, 7) is 4.00. The SMILES string of the molecule is CC.CNc1ccc(Oc2ccnc(-c3ncc(C(F)(F)F)[nH]3)c2)cc1[N+](=O)[O-]. The first kappa shape index (κ1) is 21.7. The summed E-state index contributed by atoms with van der Waals surface area (Å²) >= 11 is 0. The lowest BCUT2D eigenvalue weighted by atomic mass is 10.2. The fraction of sp³-hybridized carbons (Fsp3) is 0.222. The molecule has 8 nitrogen and oxygen atoms in total. The molecule has 1 aromatic carbocycles. The maximum atomic E-state index is 12.7. The normalized spacial score (nSPS) is 10.7. The summed E-state index contributed by atoms with van der Waals surface area (Å²) in [6.07, 6.45) is -2.55. The zero-order valence-electron chi connectivity index (χ0n) is 15.7. The Morgan fingerprint density at radius 3 is 2.41 bits per heavy atom. The number of imidazole rings is 1. The van der Waals surface area contributed by atoms with Crippen LogP contribution in [0.2, 0.25) is 0 Å². The van der Waals surface area contributed by atoms with Gasteiger partial charge in [-0.25, -0.2) is 4.98 Å². The van der Waals surface area contributed by atoms with E-state index < -0.39 is 16.8 Å². The Morgan fingerprint density at radius 1 is 1.14 bits per heavy atom. The number of ether oxygens (including phenoxy) is 1. The minimum Gasteiger partial charge on any atom is -0.457 e. The number of halogens is 3. The Bertz CT molecular complexity index is 989. The molecular formula is C18H18F3N5O3. The van der Waals surface area contributed by atoms with E-state index in [1.165, 1.54) is 36.5 Å². The number of alkyl halides is 3. The highest BCUT2D eigenvalue weighted by Crippen LogP contribution is 2.33. The lowest BCUT2D eigenvalue weighted by Gasteiger charge is -2.08. The summed E-state index contributed by atoms with van der Waals surface area (Å²) in [5.74, 6) is 0.342. The third-order valence-corrected chi connectivity index (χ3v) is 3.53. The Kier molecular flexibility index (Phi) is 6.75. The lowest BCUT2D eigenvalue weighted by molar-refractivity contribution is -0.384. The molecule has 3 aromatic rings. The second-order valence-corrected chi connectivity index (χ2v) is 5.31. The maximum absolute atomic E-state index is 12.7. The maximum Gasteiger partial charge on any atom is 0.432 e. The van der Waals surface area contributed by atoms with Crippen LogP contribution in [-0.4, -0.2) is 26.9 Å². The van der Waals surface area contributed by atoms with Crippen molar-refractivity contribution >= 4 is 11.4 Å². The predicted molar refractivity (Wildman–Crippen MR) is 101 cm³/mol. The fourth-order valence-electron chi connectivity index (χ4n) is 2.27. The number of rotatable bonds is 5. The van der Waals surface area contributed by atoms with Gasteiger partial charge in [0.2, 0.25) is 0 Å². The van der Waals surface area contributed by atoms with Gasteiger partial charge in [0, 0.05) is 19.3 Å². The van der Waals surface area contributed by atoms with Crippen LogP contribution >= 0.6 is 0 Å². The molecule has 2 aromatic heterocycles. The number of hydrogen-bond acceptors (Lipinski definition) is 6. The van der Waals surface area contributed by atoms with Gasteiger partial charge in [0.15, 0.2) is 5.82 Å². The van der Waals surface area contributed by atoms with Crippen molar-refractivity contribution in [3.8, 4) is 23.0 Å². The molecule has 0 radical (unpaired) electrons. The molecule has 0 spiro atoms. The van der Waals surface area contributed by atoms with E-state index in [9.17, 15) is 23.3 Å². The Labute approximate surface area is 163 Å². The van der Waals surface area contributed by atoms with E-state index in [2.05, 4.69) is 20.3 Å². The summed E-state index contributed by atoms with van der Waals surface area (Å²) < 4.78 is 43.6. The molecule has 0 amide bonds. The van der Waals surface area contributed by atoms with E-state index in [-0.39, 0.29) is 28.7 Å². The highest BCUT2D eigenvalue weighted by atomic mass is 19.4. The van der Waals surface area contributed by atoms with Crippen molar-refractivity contribution in [3.05, 3.63) is 58.5 Å². The molecule has 11 heteroatoms. The van der Waals surface area contributed by atoms with Crippen molar-refractivity contribution < 1.29 is 22.8 Å². The number of nitro benzene ring substituents is 1. The highest BCUT2D eigenvalue weighted by molar-refractivity contribution is 5.64. The average Bonchev–Trinajstić information content (AvgIpc) is 3.20. The van der Waals surface area contributed by atoms with E-state index in [1.807, 2.05) is 13.8 Å². The van der Waals surface area contributed by atoms with Gasteiger partial charge in [0.25, 0.3) is 5.69 Å². The second kappa shape index (κ2) is 9.04. The number of hydrogen-bond donors (Lipinski definition) is 2. The standard InChI is InChI=1S/C16H12F3N5O3.C2H6/c1-20-11-3-2-9(7-13(11)24(25)26)27-10-4-5-21-12(6-10)15-22-8-14(23-15)16(17,18)19;1-2/h2-8,20H,1H3,(H,22,23);1-2H3. The molecule has 2 heterocycles. The van der Waals surface area contributed by atoms with Crippen LogP contribution in [0, 0.1) is 10.1 Å². The van der Waals surface area contributed by atoms with Gasteiger partial charge in [-0.1, -0.05) is 13.8 Å². The summed E-state index contributed by atoms with van der Waals surface area (Å²) in [6, 6.07) is 7.08. The number of H-pyrrole nitrogens is 1. The summed E-state index contributed by atoms with van der Waals surface area (Å²) in [7, 11) is 1.55. The molecule has 2 N–H and O–H groups in total. The fourth-order valence-corrected chi connectivity index (χ4v) is 2.27. The van der Waals surface area contributed by atoms with Crippen molar-refractivity contribution in [2.75, 3.05) is 12.4 Å². The second-order valence-electron chi connectivity index (χ2n) is 5.31. The van der Waals surface area contributed by atoms with E-state index in [0.717, 1.165) is 0 Å². The van der Waals surface area contributed by atoms with Gasteiger partial charge >= 0.3 is 6.18 Å². The predicted octanol–water partition coefficient (Wildman–Crippen LogP) is 5.26. The van der Waals surface area contributed by atoms with Crippen LogP contribution in [0.5, 0.6) is 11.5 Å². The van der Waals surface area contributed by atoms with Crippen LogP contribution in [0.4, 0.5) is 24.5 Å². The Hall–Kier alpha value is -3.63. The van der Waals surface area contributed by atoms with Crippen molar-refractivity contribution in [1.29, 1.82) is 0 Å². The van der Waals surface area contributed by atoms with E-state index in [0.29, 0.717) is 11.9 Å². The van der Waals surface area contributed by atoms with Crippen LogP contribution in [0.25, 0.3) is 11.5 Å². The average molecular weight is 409 g/mol. The number of aromatic nitrogens is 3. The zero-order chi connectivity index (χ0) is 21.6. The molecule has 0 aliphatic rings. The number of nitrogens with one attached hydrogen (secondary N) is 2. The molecule has 0 fully saturated rings. The quantitative estimate of drug-likeness (QED) is 0.440. The molecule has 0 unspecified atom stereocenters. The van der Waals surface area contributed by atoms with Gasteiger partial charge in [-0.15, -0.1) is 0 Å². The molecule has 0 aliphatic carbocycles. The van der Waals surface area contributed by atoms with Crippen LogP contribution in [0.3, 0.4) is 0 Å². The van der Waals surface area contributed by atoms with Crippen LogP contribution in [0.1, 0.15) is 19.5 Å². The minimum atomic E-state index is -4.55. The molecule has 29 heavy (non-hydrogen) atoms. The molecule has 0 saturated carbocycles. The summed E-state index contributed by atoms with van der Waals surface area (Å²) in [5.41, 5.74) is -0.726. The highest BCUT2D eigenvalue weighted by Gasteiger charge is 2.33. The van der Waals surface area contributed by atoms with Gasteiger partial charge in [-0.2, -0.15) is 13.2 Å². The van der Waals surface area contributed by atoms with E-state index in [1.54, 1.807) is 7.05 Å². The number of nitro groups is 1. The number of aromatic amines is 1. The van der Waals surface area contributed by atoms with Crippen LogP contribution in [-0.2, 0) is 6.18 Å². The number of nitrogens with zero attached hydrogens (tertiary/aromatic N) is 3. The summed E-state index contributed by atoms with van der Waals surface area (Å²) in [5, 5.41) is 13.8. The lowest BCUT2D eigenvalue weighted by Crippen LogP contribution is -2.04. The zero-order valence-corrected chi connectivity index (χ0v) is 15.7. The molecule has 0 saturated heterocycles. The third-order valence-electron chi connectivity index (χ3n) is 3.53. The Balaban J connectivity index is 0.00000145. The minimum absolute atomic E-state index is 0.0794. The first-order valence-corrected chi connectivity index (χ1v) is 8.50. The van der Waals surface area contributed by atoms with Crippen molar-refractivity contribution in [1.82, 2.24) is 15.0 Å². The smallest absolute Gasteiger partial charge is 0.432 e. The first-order valence-electron chi connectivity index (χ1n) is 8.50. The molecule has 0 aliphatic heterocycles. The largest absolute Gasteiger partial charge is 0.457 e. The number of anilines is 1. The van der Waals surface area contributed by atoms with Crippen molar-refractivity contribution in [3.63, 3.8) is 0 Å². The number of pyridine rings is 1. The number of benzene rings is 1. The monoisotopic (exact) mass is 409 g/mol. The molecule has 0 bridgehead atoms. The van der Waals surface area contributed by atoms with Gasteiger partial charge in [0.05, 0.1) is 17.2 Å². The molecule has 154 valence electrons.